The van der Waals surface area contributed by atoms with Gasteiger partial charge in [-0.05, 0) is 25.7 Å². The quantitative estimate of drug-likeness (QED) is 0.565. The van der Waals surface area contributed by atoms with Crippen molar-refractivity contribution >= 4 is 27.4 Å². The van der Waals surface area contributed by atoms with Crippen LogP contribution in [-0.4, -0.2) is 50.0 Å². The monoisotopic (exact) mass is 292 g/mol. The molecule has 1 heterocycles. The third kappa shape index (κ3) is 4.77. The van der Waals surface area contributed by atoms with Crippen molar-refractivity contribution in [3.63, 3.8) is 0 Å². The fraction of sp³-hybridized carbons (Fsp3) is 0.900. The standard InChI is InChI=1S/C10H20N4O2S2/c11-10(17)7-14-5-3-9(4-6-14)13-18(15,16)12-8-1-2-8/h8-9,12-13H,1-7H2,(H2,11,17). The average molecular weight is 292 g/mol. The zero-order chi connectivity index (χ0) is 13.2. The summed E-state index contributed by atoms with van der Waals surface area (Å²) in [5.41, 5.74) is 5.49. The Balaban J connectivity index is 1.74. The third-order valence-corrected chi connectivity index (χ3v) is 4.60. The first kappa shape index (κ1) is 14.1. The van der Waals surface area contributed by atoms with Crippen LogP contribution in [0.2, 0.25) is 0 Å². The second kappa shape index (κ2) is 5.79. The number of rotatable bonds is 6. The van der Waals surface area contributed by atoms with Gasteiger partial charge in [-0.25, -0.2) is 0 Å². The molecule has 18 heavy (non-hydrogen) atoms. The van der Waals surface area contributed by atoms with Gasteiger partial charge in [0.15, 0.2) is 0 Å². The molecule has 0 aromatic heterocycles. The highest BCUT2D eigenvalue weighted by Crippen LogP contribution is 2.19. The Kier molecular flexibility index (Phi) is 4.54. The average Bonchev–Trinajstić information content (AvgIpc) is 3.03. The van der Waals surface area contributed by atoms with Crippen molar-refractivity contribution in [3.05, 3.63) is 0 Å². The lowest BCUT2D eigenvalue weighted by molar-refractivity contribution is 0.232. The molecule has 0 atom stereocenters. The number of nitrogens with zero attached hydrogens (tertiary/aromatic N) is 1. The number of piperidine rings is 1. The van der Waals surface area contributed by atoms with E-state index in [-0.39, 0.29) is 12.1 Å². The van der Waals surface area contributed by atoms with E-state index in [0.29, 0.717) is 11.5 Å². The summed E-state index contributed by atoms with van der Waals surface area (Å²) >= 11 is 4.86. The van der Waals surface area contributed by atoms with Crippen molar-refractivity contribution in [3.8, 4) is 0 Å². The van der Waals surface area contributed by atoms with E-state index >= 15 is 0 Å². The molecule has 0 aromatic rings. The van der Waals surface area contributed by atoms with Gasteiger partial charge in [-0.15, -0.1) is 0 Å². The maximum absolute atomic E-state index is 11.7. The van der Waals surface area contributed by atoms with E-state index in [4.69, 9.17) is 18.0 Å². The Morgan fingerprint density at radius 1 is 1.17 bits per heavy atom. The smallest absolute Gasteiger partial charge is 0.277 e. The molecule has 2 fully saturated rings. The molecule has 0 bridgehead atoms. The van der Waals surface area contributed by atoms with Gasteiger partial charge in [-0.2, -0.15) is 17.9 Å². The summed E-state index contributed by atoms with van der Waals surface area (Å²) in [5.74, 6) is 0. The molecule has 1 aliphatic heterocycles. The maximum Gasteiger partial charge on any atom is 0.277 e. The topological polar surface area (TPSA) is 87.5 Å². The summed E-state index contributed by atoms with van der Waals surface area (Å²) in [7, 11) is -3.33. The predicted octanol–water partition coefficient (Wildman–Crippen LogP) is -0.677. The molecule has 4 N–H and O–H groups in total. The zero-order valence-corrected chi connectivity index (χ0v) is 11.9. The Bertz CT molecular complexity index is 400. The summed E-state index contributed by atoms with van der Waals surface area (Å²) in [6.45, 7) is 2.27. The van der Waals surface area contributed by atoms with Gasteiger partial charge in [-0.1, -0.05) is 12.2 Å². The molecule has 1 aliphatic carbocycles. The molecule has 0 aromatic carbocycles. The van der Waals surface area contributed by atoms with Gasteiger partial charge in [0.2, 0.25) is 0 Å². The number of thiocarbonyl (C=S) groups is 1. The van der Waals surface area contributed by atoms with E-state index in [0.717, 1.165) is 38.8 Å². The fourth-order valence-electron chi connectivity index (χ4n) is 2.10. The van der Waals surface area contributed by atoms with Crippen LogP contribution >= 0.6 is 12.2 Å². The second-order valence-electron chi connectivity index (χ2n) is 5.03. The number of hydrogen-bond acceptors (Lipinski definition) is 4. The molecule has 1 saturated carbocycles. The molecule has 8 heteroatoms. The van der Waals surface area contributed by atoms with Crippen LogP contribution in [0.15, 0.2) is 0 Å². The number of nitrogens with two attached hydrogens (primary N) is 1. The summed E-state index contributed by atoms with van der Waals surface area (Å²) in [6, 6.07) is 0.168. The summed E-state index contributed by atoms with van der Waals surface area (Å²) < 4.78 is 28.8. The van der Waals surface area contributed by atoms with E-state index in [1.807, 2.05) is 0 Å². The second-order valence-corrected chi connectivity index (χ2v) is 7.03. The molecular weight excluding hydrogens is 272 g/mol. The predicted molar refractivity (Wildman–Crippen MR) is 74.5 cm³/mol. The largest absolute Gasteiger partial charge is 0.392 e. The highest BCUT2D eigenvalue weighted by atomic mass is 32.2. The minimum atomic E-state index is -3.33. The summed E-state index contributed by atoms with van der Waals surface area (Å²) in [6.07, 6.45) is 3.50. The Labute approximate surface area is 113 Å². The highest BCUT2D eigenvalue weighted by molar-refractivity contribution is 7.87. The fourth-order valence-corrected chi connectivity index (χ4v) is 3.70. The molecule has 6 nitrogen and oxygen atoms in total. The van der Waals surface area contributed by atoms with Crippen molar-refractivity contribution in [1.82, 2.24) is 14.3 Å². The normalized spacial score (nSPS) is 23.1. The van der Waals surface area contributed by atoms with E-state index < -0.39 is 10.2 Å². The lowest BCUT2D eigenvalue weighted by Gasteiger charge is -2.31. The molecule has 2 rings (SSSR count). The van der Waals surface area contributed by atoms with Gasteiger partial charge in [0.1, 0.15) is 0 Å². The molecule has 0 unspecified atom stereocenters. The Morgan fingerprint density at radius 3 is 2.11 bits per heavy atom. The van der Waals surface area contributed by atoms with E-state index in [1.54, 1.807) is 0 Å². The van der Waals surface area contributed by atoms with Gasteiger partial charge < -0.3 is 5.73 Å². The summed E-state index contributed by atoms with van der Waals surface area (Å²) in [5, 5.41) is 0. The van der Waals surface area contributed by atoms with Gasteiger partial charge in [-0.3, -0.25) is 4.90 Å². The van der Waals surface area contributed by atoms with Crippen LogP contribution in [0.4, 0.5) is 0 Å². The molecular formula is C10H20N4O2S2. The minimum absolute atomic E-state index is 0.0174. The summed E-state index contributed by atoms with van der Waals surface area (Å²) in [4.78, 5) is 2.64. The highest BCUT2D eigenvalue weighted by Gasteiger charge is 2.29. The van der Waals surface area contributed by atoms with Crippen LogP contribution in [-0.2, 0) is 10.2 Å². The molecule has 0 spiro atoms. The first-order chi connectivity index (χ1) is 8.44. The van der Waals surface area contributed by atoms with Gasteiger partial charge >= 0.3 is 0 Å². The van der Waals surface area contributed by atoms with Crippen LogP contribution in [0.25, 0.3) is 0 Å². The molecule has 104 valence electrons. The molecule has 0 amide bonds. The van der Waals surface area contributed by atoms with Gasteiger partial charge in [0.25, 0.3) is 10.2 Å². The number of nitrogens with one attached hydrogen (secondary N) is 2. The first-order valence-electron chi connectivity index (χ1n) is 6.25. The Morgan fingerprint density at radius 2 is 1.67 bits per heavy atom. The van der Waals surface area contributed by atoms with Gasteiger partial charge in [0.05, 0.1) is 4.99 Å². The molecule has 0 radical (unpaired) electrons. The van der Waals surface area contributed by atoms with Gasteiger partial charge in [0, 0.05) is 31.7 Å². The number of hydrogen-bond donors (Lipinski definition) is 3. The zero-order valence-electron chi connectivity index (χ0n) is 10.3. The number of likely N-dealkylation sites (tertiary alicyclic amines) is 1. The van der Waals surface area contributed by atoms with Crippen molar-refractivity contribution < 1.29 is 8.42 Å². The van der Waals surface area contributed by atoms with E-state index in [1.165, 1.54) is 0 Å². The van der Waals surface area contributed by atoms with Crippen LogP contribution in [0.3, 0.4) is 0 Å². The Hall–Kier alpha value is -0.280. The van der Waals surface area contributed by atoms with E-state index in [9.17, 15) is 8.42 Å². The van der Waals surface area contributed by atoms with Crippen LogP contribution in [0.1, 0.15) is 25.7 Å². The van der Waals surface area contributed by atoms with Crippen LogP contribution in [0, 0.1) is 0 Å². The van der Waals surface area contributed by atoms with Crippen molar-refractivity contribution in [2.75, 3.05) is 19.6 Å². The van der Waals surface area contributed by atoms with Crippen LogP contribution in [0.5, 0.6) is 0 Å². The third-order valence-electron chi connectivity index (χ3n) is 3.19. The van der Waals surface area contributed by atoms with E-state index in [2.05, 4.69) is 14.3 Å². The molecule has 1 saturated heterocycles. The molecule has 2 aliphatic rings. The minimum Gasteiger partial charge on any atom is -0.392 e. The van der Waals surface area contributed by atoms with Crippen molar-refractivity contribution in [1.29, 1.82) is 0 Å². The van der Waals surface area contributed by atoms with Crippen LogP contribution < -0.4 is 15.2 Å². The lowest BCUT2D eigenvalue weighted by Crippen LogP contribution is -2.49. The first-order valence-corrected chi connectivity index (χ1v) is 8.14. The maximum atomic E-state index is 11.7. The lowest BCUT2D eigenvalue weighted by atomic mass is 10.1. The van der Waals surface area contributed by atoms with Crippen molar-refractivity contribution in [2.24, 2.45) is 5.73 Å². The van der Waals surface area contributed by atoms with Crippen molar-refractivity contribution in [2.45, 2.75) is 37.8 Å². The SMILES string of the molecule is NC(=S)CN1CCC(NS(=O)(=O)NC2CC2)CC1.